The van der Waals surface area contributed by atoms with E-state index in [0.29, 0.717) is 26.1 Å². The molecule has 6 nitrogen and oxygen atoms in total. The zero-order chi connectivity index (χ0) is 18.8. The zero-order valence-electron chi connectivity index (χ0n) is 14.8. The first kappa shape index (κ1) is 18.6. The minimum absolute atomic E-state index is 0.00464. The number of carbonyl (C=O) groups is 2. The van der Waals surface area contributed by atoms with Crippen LogP contribution in [0.1, 0.15) is 23.2 Å². The minimum Gasteiger partial charge on any atom is -0.494 e. The lowest BCUT2D eigenvalue weighted by Gasteiger charge is -2.35. The molecule has 4 rings (SSSR count). The first-order valence-corrected chi connectivity index (χ1v) is 8.58. The number of halogens is 2. The average Bonchev–Trinajstić information content (AvgIpc) is 2.93. The number of fused-ring (bicyclic) bond motifs is 4. The molecule has 2 bridgehead atoms. The summed E-state index contributed by atoms with van der Waals surface area (Å²) in [5.41, 5.74) is -0.347. The fourth-order valence-corrected chi connectivity index (χ4v) is 3.71. The number of ether oxygens (including phenoxy) is 2. The SMILES string of the molecule is COCCN1C(=O)[C@H]2CC[C@@H]1CN(C(=O)c1ccc(OC)c(F)c1F)C2. The molecule has 142 valence electrons. The van der Waals surface area contributed by atoms with Crippen LogP contribution in [0.5, 0.6) is 5.75 Å². The van der Waals surface area contributed by atoms with Gasteiger partial charge in [0.25, 0.3) is 5.91 Å². The van der Waals surface area contributed by atoms with Crippen LogP contribution in [-0.4, -0.2) is 68.1 Å². The molecule has 2 amide bonds. The maximum Gasteiger partial charge on any atom is 0.257 e. The molecule has 0 N–H and O–H groups in total. The molecule has 0 aliphatic carbocycles. The van der Waals surface area contributed by atoms with E-state index < -0.39 is 17.5 Å². The van der Waals surface area contributed by atoms with Gasteiger partial charge in [-0.05, 0) is 25.0 Å². The number of methoxy groups -OCH3 is 2. The van der Waals surface area contributed by atoms with E-state index in [-0.39, 0.29) is 35.7 Å². The van der Waals surface area contributed by atoms with Gasteiger partial charge < -0.3 is 19.3 Å². The van der Waals surface area contributed by atoms with E-state index in [4.69, 9.17) is 9.47 Å². The van der Waals surface area contributed by atoms with Gasteiger partial charge in [-0.15, -0.1) is 0 Å². The highest BCUT2D eigenvalue weighted by atomic mass is 19.2. The molecule has 3 heterocycles. The topological polar surface area (TPSA) is 59.1 Å². The molecule has 1 aromatic carbocycles. The molecular weight excluding hydrogens is 346 g/mol. The molecule has 3 aliphatic rings. The third kappa shape index (κ3) is 3.25. The van der Waals surface area contributed by atoms with Crippen LogP contribution in [0, 0.1) is 17.6 Å². The summed E-state index contributed by atoms with van der Waals surface area (Å²) in [4.78, 5) is 28.6. The van der Waals surface area contributed by atoms with Crippen molar-refractivity contribution < 1.29 is 27.8 Å². The van der Waals surface area contributed by atoms with E-state index in [9.17, 15) is 18.4 Å². The van der Waals surface area contributed by atoms with E-state index in [2.05, 4.69) is 0 Å². The second-order valence-electron chi connectivity index (χ2n) is 6.61. The third-order valence-corrected chi connectivity index (χ3v) is 5.11. The molecule has 0 radical (unpaired) electrons. The van der Waals surface area contributed by atoms with E-state index in [1.807, 2.05) is 0 Å². The Hall–Kier alpha value is -2.22. The minimum atomic E-state index is -1.23. The standard InChI is InChI=1S/C18H22F2N2O4/c1-25-8-7-22-12-4-3-11(17(22)23)9-21(10-12)18(24)13-5-6-14(26-2)16(20)15(13)19/h5-6,11-12H,3-4,7-10H2,1-2H3/t11-,12+/m0/s1. The van der Waals surface area contributed by atoms with Crippen molar-refractivity contribution in [3.8, 4) is 5.75 Å². The van der Waals surface area contributed by atoms with Crippen LogP contribution in [0.3, 0.4) is 0 Å². The van der Waals surface area contributed by atoms with Gasteiger partial charge in [0.05, 0.1) is 25.2 Å². The Morgan fingerprint density at radius 3 is 2.65 bits per heavy atom. The highest BCUT2D eigenvalue weighted by Crippen LogP contribution is 2.31. The van der Waals surface area contributed by atoms with Crippen LogP contribution in [-0.2, 0) is 9.53 Å². The summed E-state index contributed by atoms with van der Waals surface area (Å²) in [5.74, 6) is -3.60. The fourth-order valence-electron chi connectivity index (χ4n) is 3.71. The van der Waals surface area contributed by atoms with Crippen molar-refractivity contribution in [3.63, 3.8) is 0 Å². The molecule has 3 aliphatic heterocycles. The molecule has 0 unspecified atom stereocenters. The van der Waals surface area contributed by atoms with Crippen LogP contribution in [0.25, 0.3) is 0 Å². The van der Waals surface area contributed by atoms with Crippen LogP contribution >= 0.6 is 0 Å². The molecule has 1 aromatic rings. The average molecular weight is 368 g/mol. The summed E-state index contributed by atoms with van der Waals surface area (Å²) in [7, 11) is 2.80. The summed E-state index contributed by atoms with van der Waals surface area (Å²) in [6, 6.07) is 2.32. The van der Waals surface area contributed by atoms with Gasteiger partial charge in [-0.25, -0.2) is 4.39 Å². The Morgan fingerprint density at radius 1 is 1.19 bits per heavy atom. The summed E-state index contributed by atoms with van der Waals surface area (Å²) in [6.45, 7) is 1.40. The summed E-state index contributed by atoms with van der Waals surface area (Å²) >= 11 is 0. The highest BCUT2D eigenvalue weighted by Gasteiger charge is 2.42. The van der Waals surface area contributed by atoms with Crippen molar-refractivity contribution in [1.82, 2.24) is 9.80 Å². The number of rotatable bonds is 5. The predicted octanol–water partition coefficient (Wildman–Crippen LogP) is 1.68. The number of amides is 2. The molecular formula is C18H22F2N2O4. The lowest BCUT2D eigenvalue weighted by molar-refractivity contribution is -0.140. The van der Waals surface area contributed by atoms with E-state index in [0.717, 1.165) is 6.42 Å². The molecule has 3 saturated heterocycles. The molecule has 26 heavy (non-hydrogen) atoms. The molecule has 0 aromatic heterocycles. The number of hydrogen-bond donors (Lipinski definition) is 0. The number of carbonyl (C=O) groups excluding carboxylic acids is 2. The molecule has 2 atom stereocenters. The summed E-state index contributed by atoms with van der Waals surface area (Å²) < 4.78 is 38.0. The van der Waals surface area contributed by atoms with Gasteiger partial charge in [0.15, 0.2) is 11.6 Å². The largest absolute Gasteiger partial charge is 0.494 e. The number of piperidine rings is 1. The van der Waals surface area contributed by atoms with Crippen molar-refractivity contribution in [3.05, 3.63) is 29.3 Å². The van der Waals surface area contributed by atoms with Gasteiger partial charge in [-0.3, -0.25) is 9.59 Å². The summed E-state index contributed by atoms with van der Waals surface area (Å²) in [6.07, 6.45) is 1.47. The maximum atomic E-state index is 14.3. The van der Waals surface area contributed by atoms with Crippen molar-refractivity contribution in [2.75, 3.05) is 40.5 Å². The maximum absolute atomic E-state index is 14.3. The number of benzene rings is 1. The Bertz CT molecular complexity index is 713. The Morgan fingerprint density at radius 2 is 1.96 bits per heavy atom. The highest BCUT2D eigenvalue weighted by molar-refractivity contribution is 5.95. The normalized spacial score (nSPS) is 22.5. The van der Waals surface area contributed by atoms with Gasteiger partial charge in [0.2, 0.25) is 11.7 Å². The van der Waals surface area contributed by atoms with Gasteiger partial charge in [-0.1, -0.05) is 0 Å². The Kier molecular flexibility index (Phi) is 5.41. The monoisotopic (exact) mass is 368 g/mol. The third-order valence-electron chi connectivity index (χ3n) is 5.11. The Labute approximate surface area is 150 Å². The van der Waals surface area contributed by atoms with Gasteiger partial charge in [0, 0.05) is 32.8 Å². The van der Waals surface area contributed by atoms with E-state index in [1.165, 1.54) is 24.1 Å². The second kappa shape index (κ2) is 7.57. The zero-order valence-corrected chi connectivity index (χ0v) is 14.8. The van der Waals surface area contributed by atoms with Crippen molar-refractivity contribution in [2.45, 2.75) is 18.9 Å². The van der Waals surface area contributed by atoms with Gasteiger partial charge in [-0.2, -0.15) is 4.39 Å². The predicted molar refractivity (Wildman–Crippen MR) is 88.9 cm³/mol. The quantitative estimate of drug-likeness (QED) is 0.794. The van der Waals surface area contributed by atoms with Crippen molar-refractivity contribution >= 4 is 11.8 Å². The van der Waals surface area contributed by atoms with Crippen molar-refractivity contribution in [2.24, 2.45) is 5.92 Å². The van der Waals surface area contributed by atoms with Crippen LogP contribution in [0.4, 0.5) is 8.78 Å². The number of hydrogen-bond acceptors (Lipinski definition) is 4. The lowest BCUT2D eigenvalue weighted by Crippen LogP contribution is -2.49. The lowest BCUT2D eigenvalue weighted by atomic mass is 9.94. The number of nitrogens with zero attached hydrogens (tertiary/aromatic N) is 2. The van der Waals surface area contributed by atoms with Crippen molar-refractivity contribution in [1.29, 1.82) is 0 Å². The van der Waals surface area contributed by atoms with Crippen LogP contribution in [0.15, 0.2) is 12.1 Å². The van der Waals surface area contributed by atoms with E-state index >= 15 is 0 Å². The first-order chi connectivity index (χ1) is 12.5. The molecule has 0 spiro atoms. The Balaban J connectivity index is 1.84. The molecule has 8 heteroatoms. The first-order valence-electron chi connectivity index (χ1n) is 8.58. The van der Waals surface area contributed by atoms with Gasteiger partial charge >= 0.3 is 0 Å². The van der Waals surface area contributed by atoms with E-state index in [1.54, 1.807) is 12.0 Å². The smallest absolute Gasteiger partial charge is 0.257 e. The molecule has 3 fully saturated rings. The van der Waals surface area contributed by atoms with Crippen LogP contribution < -0.4 is 4.74 Å². The second-order valence-corrected chi connectivity index (χ2v) is 6.61. The van der Waals surface area contributed by atoms with Crippen LogP contribution in [0.2, 0.25) is 0 Å². The summed E-state index contributed by atoms with van der Waals surface area (Å²) in [5, 5.41) is 0. The molecule has 0 saturated carbocycles. The van der Waals surface area contributed by atoms with Gasteiger partial charge in [0.1, 0.15) is 0 Å². The fraction of sp³-hybridized carbons (Fsp3) is 0.556.